The van der Waals surface area contributed by atoms with Gasteiger partial charge >= 0.3 is 6.09 Å². The molecule has 0 saturated carbocycles. The first-order chi connectivity index (χ1) is 14.3. The molecular weight excluding hydrogens is 382 g/mol. The number of aromatic nitrogens is 2. The van der Waals surface area contributed by atoms with Gasteiger partial charge in [0.15, 0.2) is 0 Å². The second-order valence-electron chi connectivity index (χ2n) is 8.09. The Kier molecular flexibility index (Phi) is 5.32. The van der Waals surface area contributed by atoms with Gasteiger partial charge in [0.05, 0.1) is 11.6 Å². The number of carbonyl (C=O) groups is 2. The highest BCUT2D eigenvalue weighted by Gasteiger charge is 2.32. The Morgan fingerprint density at radius 1 is 1.03 bits per heavy atom. The summed E-state index contributed by atoms with van der Waals surface area (Å²) in [6.45, 7) is 11.0. The summed E-state index contributed by atoms with van der Waals surface area (Å²) in [5, 5.41) is 0. The fourth-order valence-electron chi connectivity index (χ4n) is 4.06. The average molecular weight is 409 g/mol. The maximum absolute atomic E-state index is 13.1. The van der Waals surface area contributed by atoms with Crippen molar-refractivity contribution >= 4 is 23.6 Å². The number of piperazine rings is 1. The lowest BCUT2D eigenvalue weighted by atomic mass is 10.1. The Labute approximate surface area is 176 Å². The van der Waals surface area contributed by atoms with E-state index in [9.17, 15) is 9.59 Å². The number of anilines is 2. The van der Waals surface area contributed by atoms with Crippen molar-refractivity contribution in [3.05, 3.63) is 46.8 Å². The molecule has 30 heavy (non-hydrogen) atoms. The number of aryl methyl sites for hydroxylation is 3. The number of rotatable bonds is 3. The Morgan fingerprint density at radius 2 is 1.77 bits per heavy atom. The Bertz CT molecular complexity index is 985. The van der Waals surface area contributed by atoms with Gasteiger partial charge in [-0.05, 0) is 50.5 Å². The molecule has 0 aliphatic carbocycles. The molecule has 0 N–H and O–H groups in total. The molecule has 0 aromatic carbocycles. The maximum Gasteiger partial charge on any atom is 0.415 e. The van der Waals surface area contributed by atoms with Gasteiger partial charge in [-0.3, -0.25) is 9.69 Å². The largest absolute Gasteiger partial charge is 0.447 e. The summed E-state index contributed by atoms with van der Waals surface area (Å²) < 4.78 is 5.07. The lowest BCUT2D eigenvalue weighted by Gasteiger charge is -2.36. The number of hydrogen-bond acceptors (Lipinski definition) is 6. The van der Waals surface area contributed by atoms with E-state index >= 15 is 0 Å². The van der Waals surface area contributed by atoms with Gasteiger partial charge in [0.25, 0.3) is 5.91 Å². The smallest absolute Gasteiger partial charge is 0.415 e. The van der Waals surface area contributed by atoms with Crippen LogP contribution in [0.5, 0.6) is 0 Å². The molecular formula is C22H27N5O3. The van der Waals surface area contributed by atoms with E-state index in [0.29, 0.717) is 31.1 Å². The lowest BCUT2D eigenvalue weighted by molar-refractivity contribution is 0.0745. The van der Waals surface area contributed by atoms with Crippen molar-refractivity contribution in [1.82, 2.24) is 14.9 Å². The fraction of sp³-hybridized carbons (Fsp3) is 0.455. The van der Waals surface area contributed by atoms with Gasteiger partial charge in [0.2, 0.25) is 0 Å². The van der Waals surface area contributed by atoms with E-state index in [1.54, 1.807) is 12.3 Å². The average Bonchev–Trinajstić information content (AvgIpc) is 3.06. The van der Waals surface area contributed by atoms with E-state index in [-0.39, 0.29) is 11.9 Å². The van der Waals surface area contributed by atoms with E-state index < -0.39 is 6.09 Å². The first-order valence-corrected chi connectivity index (χ1v) is 10.2. The first-order valence-electron chi connectivity index (χ1n) is 10.2. The first kappa shape index (κ1) is 20.1. The van der Waals surface area contributed by atoms with Crippen molar-refractivity contribution in [2.75, 3.05) is 42.6 Å². The van der Waals surface area contributed by atoms with Crippen LogP contribution in [0.25, 0.3) is 0 Å². The number of carbonyl (C=O) groups excluding carboxylic acids is 2. The number of ether oxygens (including phenoxy) is 1. The zero-order valence-corrected chi connectivity index (χ0v) is 17.9. The number of nitrogens with zero attached hydrogens (tertiary/aromatic N) is 5. The zero-order chi connectivity index (χ0) is 21.4. The van der Waals surface area contributed by atoms with E-state index in [1.807, 2.05) is 31.9 Å². The van der Waals surface area contributed by atoms with Crippen LogP contribution in [0.2, 0.25) is 0 Å². The molecule has 2 aromatic rings. The summed E-state index contributed by atoms with van der Waals surface area (Å²) in [6.07, 6.45) is 3.06. The Balaban J connectivity index is 1.45. The third-order valence-electron chi connectivity index (χ3n) is 5.71. The van der Waals surface area contributed by atoms with Crippen molar-refractivity contribution in [3.8, 4) is 0 Å². The van der Waals surface area contributed by atoms with Crippen molar-refractivity contribution in [2.45, 2.75) is 33.7 Å². The molecule has 0 radical (unpaired) electrons. The molecule has 2 aliphatic rings. The Hall–Kier alpha value is -3.16. The van der Waals surface area contributed by atoms with Gasteiger partial charge < -0.3 is 14.5 Å². The lowest BCUT2D eigenvalue weighted by Crippen LogP contribution is -2.49. The van der Waals surface area contributed by atoms with Gasteiger partial charge in [0.1, 0.15) is 18.2 Å². The van der Waals surface area contributed by atoms with Crippen LogP contribution < -0.4 is 9.80 Å². The molecule has 8 heteroatoms. The SMILES string of the molecule is Cc1cnc(N2CCN(C(=O)c3cnc(N4C(=O)OCC4C)cc3C)CC2)c(C)c1. The molecule has 8 nitrogen and oxygen atoms in total. The summed E-state index contributed by atoms with van der Waals surface area (Å²) in [5.74, 6) is 1.48. The number of amides is 2. The zero-order valence-electron chi connectivity index (χ0n) is 17.9. The number of cyclic esters (lactones) is 1. The summed E-state index contributed by atoms with van der Waals surface area (Å²) in [6, 6.07) is 3.84. The van der Waals surface area contributed by atoms with Gasteiger partial charge in [-0.1, -0.05) is 6.07 Å². The predicted molar refractivity (Wildman–Crippen MR) is 114 cm³/mol. The molecule has 0 spiro atoms. The van der Waals surface area contributed by atoms with E-state index in [0.717, 1.165) is 35.6 Å². The van der Waals surface area contributed by atoms with Gasteiger partial charge in [0, 0.05) is 38.6 Å². The summed E-state index contributed by atoms with van der Waals surface area (Å²) in [4.78, 5) is 39.6. The molecule has 1 atom stereocenters. The molecule has 2 amide bonds. The van der Waals surface area contributed by atoms with Crippen LogP contribution in [0, 0.1) is 20.8 Å². The molecule has 0 bridgehead atoms. The van der Waals surface area contributed by atoms with Crippen LogP contribution >= 0.6 is 0 Å². The minimum atomic E-state index is -0.399. The van der Waals surface area contributed by atoms with Crippen LogP contribution in [0.15, 0.2) is 24.5 Å². The van der Waals surface area contributed by atoms with Crippen molar-refractivity contribution in [2.24, 2.45) is 0 Å². The molecule has 2 aliphatic heterocycles. The monoisotopic (exact) mass is 409 g/mol. The van der Waals surface area contributed by atoms with Crippen molar-refractivity contribution in [1.29, 1.82) is 0 Å². The quantitative estimate of drug-likeness (QED) is 0.776. The van der Waals surface area contributed by atoms with Gasteiger partial charge in [-0.15, -0.1) is 0 Å². The highest BCUT2D eigenvalue weighted by Crippen LogP contribution is 2.24. The van der Waals surface area contributed by atoms with Crippen LogP contribution in [-0.2, 0) is 4.74 Å². The number of pyridine rings is 2. The third-order valence-corrected chi connectivity index (χ3v) is 5.71. The second kappa shape index (κ2) is 7.93. The standard InChI is InChI=1S/C22H27N5O3/c1-14-9-16(3)20(24-11-14)25-5-7-26(8-6-25)21(28)18-12-23-19(10-15(18)2)27-17(4)13-30-22(27)29/h9-12,17H,5-8,13H2,1-4H3. The molecule has 4 rings (SSSR count). The highest BCUT2D eigenvalue weighted by molar-refractivity contribution is 5.96. The third kappa shape index (κ3) is 3.69. The topological polar surface area (TPSA) is 78.9 Å². The minimum absolute atomic E-state index is 0.0307. The normalized spacial score (nSPS) is 19.3. The van der Waals surface area contributed by atoms with Crippen molar-refractivity contribution in [3.63, 3.8) is 0 Å². The van der Waals surface area contributed by atoms with E-state index in [4.69, 9.17) is 4.74 Å². The van der Waals surface area contributed by atoms with Gasteiger partial charge in [-0.2, -0.15) is 0 Å². The summed E-state index contributed by atoms with van der Waals surface area (Å²) in [5.41, 5.74) is 3.67. The minimum Gasteiger partial charge on any atom is -0.447 e. The Morgan fingerprint density at radius 3 is 2.37 bits per heavy atom. The maximum atomic E-state index is 13.1. The predicted octanol–water partition coefficient (Wildman–Crippen LogP) is 2.71. The molecule has 4 heterocycles. The van der Waals surface area contributed by atoms with Crippen LogP contribution in [0.1, 0.15) is 34.0 Å². The van der Waals surface area contributed by atoms with Crippen LogP contribution in [-0.4, -0.2) is 65.7 Å². The molecule has 2 aromatic heterocycles. The molecule has 1 unspecified atom stereocenters. The highest BCUT2D eigenvalue weighted by atomic mass is 16.6. The summed E-state index contributed by atoms with van der Waals surface area (Å²) in [7, 11) is 0. The van der Waals surface area contributed by atoms with Crippen LogP contribution in [0.4, 0.5) is 16.4 Å². The molecule has 2 fully saturated rings. The molecule has 158 valence electrons. The van der Waals surface area contributed by atoms with Gasteiger partial charge in [-0.25, -0.2) is 14.8 Å². The van der Waals surface area contributed by atoms with Crippen molar-refractivity contribution < 1.29 is 14.3 Å². The van der Waals surface area contributed by atoms with Crippen LogP contribution in [0.3, 0.4) is 0 Å². The van der Waals surface area contributed by atoms with E-state index in [1.165, 1.54) is 4.90 Å². The number of hydrogen-bond donors (Lipinski definition) is 0. The second-order valence-corrected chi connectivity index (χ2v) is 8.09. The van der Waals surface area contributed by atoms with E-state index in [2.05, 4.69) is 27.9 Å². The fourth-order valence-corrected chi connectivity index (χ4v) is 4.06. The molecule has 2 saturated heterocycles. The summed E-state index contributed by atoms with van der Waals surface area (Å²) >= 11 is 0.